The molecule has 0 aliphatic heterocycles. The summed E-state index contributed by atoms with van der Waals surface area (Å²) >= 11 is 0. The van der Waals surface area contributed by atoms with Crippen LogP contribution in [0.5, 0.6) is 0 Å². The van der Waals surface area contributed by atoms with Gasteiger partial charge in [-0.2, -0.15) is 0 Å². The number of nitrogens with one attached hydrogen (secondary N) is 2. The highest BCUT2D eigenvalue weighted by Crippen LogP contribution is 2.06. The van der Waals surface area contributed by atoms with Crippen LogP contribution in [0.4, 0.5) is 5.82 Å². The molecule has 5 nitrogen and oxygen atoms in total. The third-order valence-corrected chi connectivity index (χ3v) is 3.25. The minimum Gasteiger partial charge on any atom is -0.370 e. The van der Waals surface area contributed by atoms with Crippen LogP contribution >= 0.6 is 0 Å². The number of hydrogen-bond acceptors (Lipinski definition) is 4. The van der Waals surface area contributed by atoms with E-state index in [9.17, 15) is 4.79 Å². The summed E-state index contributed by atoms with van der Waals surface area (Å²) in [6.07, 6.45) is 5.30. The van der Waals surface area contributed by atoms with E-state index in [-0.39, 0.29) is 5.91 Å². The molecule has 1 amide bonds. The zero-order chi connectivity index (χ0) is 15.8. The highest BCUT2D eigenvalue weighted by Gasteiger charge is 2.04. The highest BCUT2D eigenvalue weighted by atomic mass is 16.1. The molecule has 0 unspecified atom stereocenters. The normalized spacial score (nSPS) is 10.3. The minimum absolute atomic E-state index is 0.0772. The summed E-state index contributed by atoms with van der Waals surface area (Å²) in [5.41, 5.74) is 2.80. The Balaban J connectivity index is 1.81. The van der Waals surface area contributed by atoms with Gasteiger partial charge in [0.2, 0.25) is 0 Å². The van der Waals surface area contributed by atoms with Crippen molar-refractivity contribution in [2.75, 3.05) is 18.4 Å². The van der Waals surface area contributed by atoms with Crippen molar-refractivity contribution in [2.45, 2.75) is 26.7 Å². The Kier molecular flexibility index (Phi) is 5.89. The van der Waals surface area contributed by atoms with Crippen molar-refractivity contribution >= 4 is 11.7 Å². The van der Waals surface area contributed by atoms with E-state index in [4.69, 9.17) is 0 Å². The molecule has 0 saturated carbocycles. The second-order valence-corrected chi connectivity index (χ2v) is 5.17. The molecule has 2 aromatic heterocycles. The SMILES string of the molecule is CCCNC(=O)c1ccc(NCCc2ccc(C)nc2)nc1. The fourth-order valence-electron chi connectivity index (χ4n) is 1.95. The number of anilines is 1. The fourth-order valence-corrected chi connectivity index (χ4v) is 1.95. The van der Waals surface area contributed by atoms with Crippen LogP contribution < -0.4 is 10.6 Å². The Labute approximate surface area is 131 Å². The molecule has 0 aromatic carbocycles. The molecule has 5 heteroatoms. The maximum absolute atomic E-state index is 11.8. The first-order chi connectivity index (χ1) is 10.7. The molecule has 2 aromatic rings. The summed E-state index contributed by atoms with van der Waals surface area (Å²) in [6, 6.07) is 7.71. The lowest BCUT2D eigenvalue weighted by Gasteiger charge is -2.07. The van der Waals surface area contributed by atoms with Gasteiger partial charge in [-0.3, -0.25) is 9.78 Å². The molecule has 0 fully saturated rings. The van der Waals surface area contributed by atoms with E-state index in [0.29, 0.717) is 12.1 Å². The van der Waals surface area contributed by atoms with E-state index in [0.717, 1.165) is 30.9 Å². The van der Waals surface area contributed by atoms with Crippen molar-refractivity contribution in [3.8, 4) is 0 Å². The maximum Gasteiger partial charge on any atom is 0.252 e. The van der Waals surface area contributed by atoms with Gasteiger partial charge in [0.1, 0.15) is 5.82 Å². The highest BCUT2D eigenvalue weighted by molar-refractivity contribution is 5.93. The van der Waals surface area contributed by atoms with Crippen LogP contribution in [0.3, 0.4) is 0 Å². The Morgan fingerprint density at radius 2 is 1.95 bits per heavy atom. The molecular weight excluding hydrogens is 276 g/mol. The van der Waals surface area contributed by atoms with Crippen molar-refractivity contribution < 1.29 is 4.79 Å². The Bertz CT molecular complexity index is 593. The van der Waals surface area contributed by atoms with Gasteiger partial charge in [0.05, 0.1) is 5.56 Å². The van der Waals surface area contributed by atoms with Gasteiger partial charge in [-0.1, -0.05) is 13.0 Å². The monoisotopic (exact) mass is 298 g/mol. The largest absolute Gasteiger partial charge is 0.370 e. The number of pyridine rings is 2. The number of hydrogen-bond donors (Lipinski definition) is 2. The molecule has 0 bridgehead atoms. The number of carbonyl (C=O) groups is 1. The van der Waals surface area contributed by atoms with Crippen LogP contribution in [-0.4, -0.2) is 29.0 Å². The number of nitrogens with zero attached hydrogens (tertiary/aromatic N) is 2. The van der Waals surface area contributed by atoms with Gasteiger partial charge in [0, 0.05) is 31.2 Å². The predicted octanol–water partition coefficient (Wildman–Crippen LogP) is 2.58. The van der Waals surface area contributed by atoms with Crippen LogP contribution in [0, 0.1) is 6.92 Å². The quantitative estimate of drug-likeness (QED) is 0.824. The third-order valence-electron chi connectivity index (χ3n) is 3.25. The lowest BCUT2D eigenvalue weighted by Crippen LogP contribution is -2.24. The minimum atomic E-state index is -0.0772. The van der Waals surface area contributed by atoms with Gasteiger partial charge in [0.25, 0.3) is 5.91 Å². The summed E-state index contributed by atoms with van der Waals surface area (Å²) in [5, 5.41) is 6.08. The fraction of sp³-hybridized carbons (Fsp3) is 0.353. The Morgan fingerprint density at radius 1 is 1.09 bits per heavy atom. The van der Waals surface area contributed by atoms with E-state index in [1.165, 1.54) is 5.56 Å². The summed E-state index contributed by atoms with van der Waals surface area (Å²) in [7, 11) is 0. The average molecular weight is 298 g/mol. The Hall–Kier alpha value is -2.43. The van der Waals surface area contributed by atoms with Crippen LogP contribution in [0.15, 0.2) is 36.7 Å². The molecule has 0 aliphatic rings. The number of carbonyl (C=O) groups excluding carboxylic acids is 1. The van der Waals surface area contributed by atoms with E-state index in [1.807, 2.05) is 32.2 Å². The second kappa shape index (κ2) is 8.12. The third kappa shape index (κ3) is 4.84. The van der Waals surface area contributed by atoms with E-state index >= 15 is 0 Å². The lowest BCUT2D eigenvalue weighted by atomic mass is 10.2. The van der Waals surface area contributed by atoms with Crippen molar-refractivity contribution in [3.63, 3.8) is 0 Å². The smallest absolute Gasteiger partial charge is 0.252 e. The number of aromatic nitrogens is 2. The first-order valence-corrected chi connectivity index (χ1v) is 7.58. The summed E-state index contributed by atoms with van der Waals surface area (Å²) in [5.74, 6) is 0.693. The summed E-state index contributed by atoms with van der Waals surface area (Å²) < 4.78 is 0. The zero-order valence-corrected chi connectivity index (χ0v) is 13.1. The van der Waals surface area contributed by atoms with Crippen LogP contribution in [0.1, 0.15) is 35.0 Å². The summed E-state index contributed by atoms with van der Waals surface area (Å²) in [6.45, 7) is 5.46. The molecule has 22 heavy (non-hydrogen) atoms. The molecule has 2 N–H and O–H groups in total. The zero-order valence-electron chi connectivity index (χ0n) is 13.1. The molecule has 116 valence electrons. The van der Waals surface area contributed by atoms with Gasteiger partial charge in [-0.05, 0) is 43.5 Å². The Morgan fingerprint density at radius 3 is 2.59 bits per heavy atom. The van der Waals surface area contributed by atoms with E-state index < -0.39 is 0 Å². The van der Waals surface area contributed by atoms with E-state index in [2.05, 4.69) is 26.7 Å². The van der Waals surface area contributed by atoms with Gasteiger partial charge >= 0.3 is 0 Å². The number of aryl methyl sites for hydroxylation is 1. The topological polar surface area (TPSA) is 66.9 Å². The number of rotatable bonds is 7. The van der Waals surface area contributed by atoms with Gasteiger partial charge in [0.15, 0.2) is 0 Å². The average Bonchev–Trinajstić information content (AvgIpc) is 2.55. The second-order valence-electron chi connectivity index (χ2n) is 5.17. The van der Waals surface area contributed by atoms with Crippen LogP contribution in [-0.2, 0) is 6.42 Å². The molecule has 0 atom stereocenters. The molecular formula is C17H22N4O. The van der Waals surface area contributed by atoms with Crippen molar-refractivity contribution in [1.29, 1.82) is 0 Å². The molecule has 0 spiro atoms. The van der Waals surface area contributed by atoms with Gasteiger partial charge < -0.3 is 10.6 Å². The van der Waals surface area contributed by atoms with Gasteiger partial charge in [-0.25, -0.2) is 4.98 Å². The van der Waals surface area contributed by atoms with Gasteiger partial charge in [-0.15, -0.1) is 0 Å². The van der Waals surface area contributed by atoms with Crippen molar-refractivity contribution in [1.82, 2.24) is 15.3 Å². The van der Waals surface area contributed by atoms with Crippen molar-refractivity contribution in [3.05, 3.63) is 53.5 Å². The standard InChI is InChI=1S/C17H22N4O/c1-3-9-19-17(22)15-6-7-16(21-12-15)18-10-8-14-5-4-13(2)20-11-14/h4-7,11-12H,3,8-10H2,1-2H3,(H,18,21)(H,19,22). The first-order valence-electron chi connectivity index (χ1n) is 7.58. The van der Waals surface area contributed by atoms with Crippen molar-refractivity contribution in [2.24, 2.45) is 0 Å². The molecule has 2 rings (SSSR count). The molecule has 0 aliphatic carbocycles. The van der Waals surface area contributed by atoms with Crippen LogP contribution in [0.25, 0.3) is 0 Å². The molecule has 0 saturated heterocycles. The molecule has 2 heterocycles. The van der Waals surface area contributed by atoms with Crippen LogP contribution in [0.2, 0.25) is 0 Å². The maximum atomic E-state index is 11.8. The first kappa shape index (κ1) is 15.9. The number of amides is 1. The summed E-state index contributed by atoms with van der Waals surface area (Å²) in [4.78, 5) is 20.3. The molecule has 0 radical (unpaired) electrons. The predicted molar refractivity (Wildman–Crippen MR) is 88.0 cm³/mol. The van der Waals surface area contributed by atoms with E-state index in [1.54, 1.807) is 12.3 Å². The lowest BCUT2D eigenvalue weighted by molar-refractivity contribution is 0.0953.